The van der Waals surface area contributed by atoms with Crippen LogP contribution < -0.4 is 19.9 Å². The number of carbonyl (C=O) groups is 1. The van der Waals surface area contributed by atoms with E-state index in [0.29, 0.717) is 56.5 Å². The summed E-state index contributed by atoms with van der Waals surface area (Å²) < 4.78 is 95.7. The lowest BCUT2D eigenvalue weighted by Gasteiger charge is -2.14. The zero-order chi connectivity index (χ0) is 39.3. The quantitative estimate of drug-likeness (QED) is 0.0274. The lowest BCUT2D eigenvalue weighted by molar-refractivity contribution is -0.121. The van der Waals surface area contributed by atoms with Crippen molar-refractivity contribution in [1.29, 1.82) is 0 Å². The van der Waals surface area contributed by atoms with Gasteiger partial charge in [0, 0.05) is 32.1 Å². The van der Waals surface area contributed by atoms with Gasteiger partial charge in [-0.1, -0.05) is 37.1 Å². The third kappa shape index (κ3) is 14.7. The number of rotatable bonds is 29. The topological polar surface area (TPSA) is 162 Å². The van der Waals surface area contributed by atoms with E-state index < -0.39 is 53.8 Å². The van der Waals surface area contributed by atoms with Gasteiger partial charge in [-0.15, -0.1) is 11.6 Å². The Bertz CT molecular complexity index is 1730. The summed E-state index contributed by atoms with van der Waals surface area (Å²) in [5.41, 5.74) is 8.16. The van der Waals surface area contributed by atoms with Crippen molar-refractivity contribution < 1.29 is 55.5 Å². The molecule has 4 aromatic rings. The molecule has 55 heavy (non-hydrogen) atoms. The minimum absolute atomic E-state index is 0.0208. The molecule has 0 aliphatic rings. The lowest BCUT2D eigenvalue weighted by Crippen LogP contribution is -2.16. The first kappa shape index (κ1) is 43.4. The van der Waals surface area contributed by atoms with Crippen LogP contribution in [-0.4, -0.2) is 97.7 Å². The minimum atomic E-state index is -1.82. The number of ether oxygens (including phenoxy) is 7. The molecule has 2 aromatic carbocycles. The Kier molecular flexibility index (Phi) is 19.2. The van der Waals surface area contributed by atoms with E-state index in [0.717, 1.165) is 36.8 Å². The summed E-state index contributed by atoms with van der Waals surface area (Å²) in [6.07, 6.45) is 6.61. The van der Waals surface area contributed by atoms with Crippen LogP contribution in [0.15, 0.2) is 30.6 Å². The van der Waals surface area contributed by atoms with E-state index in [-0.39, 0.29) is 51.1 Å². The predicted octanol–water partition coefficient (Wildman–Crippen LogP) is 6.29. The first-order chi connectivity index (χ1) is 26.8. The standard InChI is InChI=1S/C37H46ClF4N5O8/c38-12-3-1-2-4-13-49-16-17-50-14-5-15-51-18-19-52-20-21-53-33-28(39)30(41)34(31(42)29(33)40)54-23-27(48)11-10-25-6-8-26(9-7-25)22-55-36-32-35(45-24-44-32)46-37(43)47-36/h6-9,24H,1-5,10-23H2,(H3,43,44,45,46,47). The fraction of sp³-hybridized carbons (Fsp3) is 0.514. The molecule has 0 amide bonds. The molecule has 0 radical (unpaired) electrons. The molecule has 2 aromatic heterocycles. The molecule has 3 N–H and O–H groups in total. The number of aromatic nitrogens is 4. The maximum absolute atomic E-state index is 14.6. The second kappa shape index (κ2) is 24.3. The van der Waals surface area contributed by atoms with E-state index in [2.05, 4.69) is 19.9 Å². The van der Waals surface area contributed by atoms with E-state index in [9.17, 15) is 22.4 Å². The van der Waals surface area contributed by atoms with Crippen LogP contribution in [0.1, 0.15) is 49.7 Å². The molecule has 4 rings (SSSR count). The number of nitrogens with one attached hydrogen (secondary N) is 1. The summed E-state index contributed by atoms with van der Waals surface area (Å²) in [5, 5.41) is 0. The number of aryl methyl sites for hydroxylation is 1. The SMILES string of the molecule is Nc1nc(OCc2ccc(CCC(=O)COc3c(F)c(F)c(OCCOCCOCCCOCCOCCCCCCCl)c(F)c3F)cc2)c2[nH]cnc2n1. The molecule has 0 aliphatic heterocycles. The summed E-state index contributed by atoms with van der Waals surface area (Å²) in [6.45, 7) is 1.97. The molecule has 0 aliphatic carbocycles. The molecule has 0 bridgehead atoms. The Hall–Kier alpha value is -4.29. The number of benzene rings is 2. The van der Waals surface area contributed by atoms with Gasteiger partial charge in [0.1, 0.15) is 25.3 Å². The third-order valence-electron chi connectivity index (χ3n) is 7.89. The predicted molar refractivity (Wildman–Crippen MR) is 195 cm³/mol. The molecule has 0 fully saturated rings. The zero-order valence-corrected chi connectivity index (χ0v) is 31.2. The second-order valence-corrected chi connectivity index (χ2v) is 12.5. The highest BCUT2D eigenvalue weighted by atomic mass is 35.5. The highest BCUT2D eigenvalue weighted by molar-refractivity contribution is 6.17. The number of anilines is 1. The molecular weight excluding hydrogens is 754 g/mol. The van der Waals surface area contributed by atoms with Crippen molar-refractivity contribution in [2.75, 3.05) is 77.7 Å². The van der Waals surface area contributed by atoms with Crippen LogP contribution in [0.5, 0.6) is 17.4 Å². The van der Waals surface area contributed by atoms with Gasteiger partial charge in [0.05, 0.1) is 39.4 Å². The van der Waals surface area contributed by atoms with Crippen LogP contribution in [0.4, 0.5) is 23.5 Å². The monoisotopic (exact) mass is 799 g/mol. The van der Waals surface area contributed by atoms with Crippen molar-refractivity contribution in [3.8, 4) is 17.4 Å². The van der Waals surface area contributed by atoms with Crippen LogP contribution in [0.2, 0.25) is 0 Å². The van der Waals surface area contributed by atoms with Gasteiger partial charge < -0.3 is 43.9 Å². The van der Waals surface area contributed by atoms with E-state index in [1.807, 2.05) is 0 Å². The van der Waals surface area contributed by atoms with Crippen molar-refractivity contribution in [3.63, 3.8) is 0 Å². The summed E-state index contributed by atoms with van der Waals surface area (Å²) in [4.78, 5) is 27.4. The van der Waals surface area contributed by atoms with Crippen LogP contribution >= 0.6 is 11.6 Å². The number of fused-ring (bicyclic) bond motifs is 1. The van der Waals surface area contributed by atoms with Crippen molar-refractivity contribution in [3.05, 3.63) is 65.0 Å². The number of unbranched alkanes of at least 4 members (excludes halogenated alkanes) is 3. The first-order valence-corrected chi connectivity index (χ1v) is 18.5. The zero-order valence-electron chi connectivity index (χ0n) is 30.4. The fourth-order valence-electron chi connectivity index (χ4n) is 5.00. The summed E-state index contributed by atoms with van der Waals surface area (Å²) in [7, 11) is 0. The maximum atomic E-state index is 14.6. The Labute approximate surface area is 321 Å². The number of hydrogen-bond acceptors (Lipinski definition) is 12. The van der Waals surface area contributed by atoms with Gasteiger partial charge in [-0.3, -0.25) is 4.79 Å². The highest BCUT2D eigenvalue weighted by Crippen LogP contribution is 2.34. The first-order valence-electron chi connectivity index (χ1n) is 18.0. The summed E-state index contributed by atoms with van der Waals surface area (Å²) in [6, 6.07) is 7.14. The Morgan fingerprint density at radius 2 is 1.24 bits per heavy atom. The van der Waals surface area contributed by atoms with E-state index in [4.69, 9.17) is 50.5 Å². The number of ketones is 1. The molecule has 13 nitrogen and oxygen atoms in total. The van der Waals surface area contributed by atoms with Crippen LogP contribution in [-0.2, 0) is 36.8 Å². The molecule has 0 saturated heterocycles. The maximum Gasteiger partial charge on any atom is 0.245 e. The smallest absolute Gasteiger partial charge is 0.245 e. The van der Waals surface area contributed by atoms with E-state index >= 15 is 0 Å². The largest absolute Gasteiger partial charge is 0.485 e. The molecule has 18 heteroatoms. The molecule has 302 valence electrons. The van der Waals surface area contributed by atoms with Crippen molar-refractivity contribution in [1.82, 2.24) is 19.9 Å². The van der Waals surface area contributed by atoms with Crippen LogP contribution in [0.3, 0.4) is 0 Å². The summed E-state index contributed by atoms with van der Waals surface area (Å²) >= 11 is 5.64. The number of carbonyl (C=O) groups excluding carboxylic acids is 1. The van der Waals surface area contributed by atoms with Crippen LogP contribution in [0.25, 0.3) is 11.2 Å². The number of Topliss-reactive ketones (excluding diaryl/α,β-unsaturated/α-hetero) is 1. The highest BCUT2D eigenvalue weighted by Gasteiger charge is 2.28. The number of aromatic amines is 1. The summed E-state index contributed by atoms with van der Waals surface area (Å²) in [5.74, 6) is -9.43. The number of imidazole rings is 1. The number of hydrogen-bond donors (Lipinski definition) is 2. The third-order valence-corrected chi connectivity index (χ3v) is 8.16. The van der Waals surface area contributed by atoms with Crippen molar-refractivity contribution >= 4 is 34.5 Å². The molecule has 0 saturated carbocycles. The average Bonchev–Trinajstić information content (AvgIpc) is 3.66. The number of nitrogen functional groups attached to an aromatic ring is 1. The Morgan fingerprint density at radius 1 is 0.673 bits per heavy atom. The van der Waals surface area contributed by atoms with Gasteiger partial charge in [-0.2, -0.15) is 27.5 Å². The minimum Gasteiger partial charge on any atom is -0.485 e. The van der Waals surface area contributed by atoms with E-state index in [1.54, 1.807) is 24.3 Å². The van der Waals surface area contributed by atoms with Gasteiger partial charge in [0.15, 0.2) is 22.9 Å². The van der Waals surface area contributed by atoms with Crippen molar-refractivity contribution in [2.24, 2.45) is 0 Å². The molecule has 2 heterocycles. The number of H-pyrrole nitrogens is 1. The second-order valence-electron chi connectivity index (χ2n) is 12.1. The molecule has 0 atom stereocenters. The number of nitrogens with two attached hydrogens (primary N) is 1. The van der Waals surface area contributed by atoms with Gasteiger partial charge in [0.25, 0.3) is 0 Å². The average molecular weight is 800 g/mol. The van der Waals surface area contributed by atoms with E-state index in [1.165, 1.54) is 6.33 Å². The van der Waals surface area contributed by atoms with Gasteiger partial charge in [-0.05, 0) is 36.8 Å². The number of alkyl halides is 1. The molecular formula is C37H46ClF4N5O8. The van der Waals surface area contributed by atoms with Crippen LogP contribution in [0, 0.1) is 23.3 Å². The Morgan fingerprint density at radius 3 is 1.89 bits per heavy atom. The number of halogens is 5. The number of nitrogens with zero attached hydrogens (tertiary/aromatic N) is 3. The molecule has 0 unspecified atom stereocenters. The Balaban J connectivity index is 1.06. The van der Waals surface area contributed by atoms with Gasteiger partial charge in [-0.25, -0.2) is 4.98 Å². The van der Waals surface area contributed by atoms with Gasteiger partial charge in [0.2, 0.25) is 35.1 Å². The lowest BCUT2D eigenvalue weighted by atomic mass is 10.1. The van der Waals surface area contributed by atoms with Gasteiger partial charge >= 0.3 is 0 Å². The van der Waals surface area contributed by atoms with Crippen molar-refractivity contribution in [2.45, 2.75) is 51.6 Å². The fourth-order valence-corrected chi connectivity index (χ4v) is 5.19. The molecule has 0 spiro atoms. The normalized spacial score (nSPS) is 11.4.